The molecule has 0 aliphatic carbocycles. The van der Waals surface area contributed by atoms with Crippen molar-refractivity contribution in [1.82, 2.24) is 0 Å². The zero-order valence-corrected chi connectivity index (χ0v) is 6.55. The van der Waals surface area contributed by atoms with Crippen LogP contribution in [0.2, 0.25) is 0 Å². The van der Waals surface area contributed by atoms with Crippen molar-refractivity contribution >= 4 is 23.4 Å². The summed E-state index contributed by atoms with van der Waals surface area (Å²) in [7, 11) is 0. The molecule has 0 aliphatic rings. The Morgan fingerprint density at radius 1 is 1.67 bits per heavy atom. The first-order valence-electron chi connectivity index (χ1n) is 1.51. The molecule has 6 heavy (non-hydrogen) atoms. The molecule has 0 saturated carbocycles. The fourth-order valence-electron chi connectivity index (χ4n) is 0.0854. The van der Waals surface area contributed by atoms with E-state index in [-0.39, 0.29) is 13.2 Å². The van der Waals surface area contributed by atoms with E-state index >= 15 is 0 Å². The van der Waals surface area contributed by atoms with E-state index in [1.54, 1.807) is 0 Å². The summed E-state index contributed by atoms with van der Waals surface area (Å²) < 4.78 is 4.25. The standard InChI is InChI=1S/C2H6O3.Sb.2H/c3-1-2-5-4;;;/h3-4H,1-2H2;;;/q;+1;;/p-1. The van der Waals surface area contributed by atoms with Gasteiger partial charge in [-0.15, -0.1) is 0 Å². The molecular weight excluding hydrogens is 194 g/mol. The summed E-state index contributed by atoms with van der Waals surface area (Å²) in [5, 5.41) is 8.01. The summed E-state index contributed by atoms with van der Waals surface area (Å²) in [5.41, 5.74) is 0. The van der Waals surface area contributed by atoms with Gasteiger partial charge in [0.25, 0.3) is 0 Å². The van der Waals surface area contributed by atoms with Crippen LogP contribution in [0.3, 0.4) is 0 Å². The van der Waals surface area contributed by atoms with Crippen LogP contribution in [0.4, 0.5) is 0 Å². The molecule has 1 N–H and O–H groups in total. The molecule has 0 fully saturated rings. The van der Waals surface area contributed by atoms with E-state index in [2.05, 4.69) is 8.05 Å². The molecule has 0 aliphatic heterocycles. The predicted molar refractivity (Wildman–Crippen MR) is 22.7 cm³/mol. The zero-order chi connectivity index (χ0) is 4.83. The minimum atomic E-state index is 0.0286. The van der Waals surface area contributed by atoms with E-state index < -0.39 is 0 Å². The first kappa shape index (κ1) is 6.70. The summed E-state index contributed by atoms with van der Waals surface area (Å²) in [6, 6.07) is 0. The Kier molecular flexibility index (Phi) is 6.36. The van der Waals surface area contributed by atoms with Crippen molar-refractivity contribution in [2.75, 3.05) is 13.2 Å². The Hall–Kier alpha value is 0.698. The van der Waals surface area contributed by atoms with Gasteiger partial charge < -0.3 is 0 Å². The van der Waals surface area contributed by atoms with Gasteiger partial charge in [0.05, 0.1) is 0 Å². The van der Waals surface area contributed by atoms with Gasteiger partial charge in [0.2, 0.25) is 0 Å². The Morgan fingerprint density at radius 2 is 2.33 bits per heavy atom. The van der Waals surface area contributed by atoms with Crippen LogP contribution in [0, 0.1) is 0 Å². The van der Waals surface area contributed by atoms with Crippen LogP contribution >= 0.6 is 0 Å². The summed E-state index contributed by atoms with van der Waals surface area (Å²) in [5.74, 6) is 0. The first-order valence-corrected chi connectivity index (χ1v) is 2.85. The predicted octanol–water partition coefficient (Wildman–Crippen LogP) is -1.53. The van der Waals surface area contributed by atoms with Gasteiger partial charge in [0, 0.05) is 0 Å². The Bertz CT molecular complexity index is 20.8. The van der Waals surface area contributed by atoms with Crippen LogP contribution in [0.5, 0.6) is 0 Å². The molecule has 3 nitrogen and oxygen atoms in total. The van der Waals surface area contributed by atoms with E-state index in [1.807, 2.05) is 0 Å². The average molecular weight is 201 g/mol. The Labute approximate surface area is 50.2 Å². The third-order valence-corrected chi connectivity index (χ3v) is 0.631. The molecule has 0 bridgehead atoms. The molecule has 0 aromatic heterocycles. The molecule has 0 aromatic rings. The van der Waals surface area contributed by atoms with Crippen molar-refractivity contribution in [2.45, 2.75) is 0 Å². The maximum atomic E-state index is 8.01. The quantitative estimate of drug-likeness (QED) is 0.260. The molecule has 0 spiro atoms. The molecule has 4 heteroatoms. The van der Waals surface area contributed by atoms with E-state index in [0.717, 1.165) is 0 Å². The summed E-state index contributed by atoms with van der Waals surface area (Å²) >= 11 is 0.623. The molecule has 0 rings (SSSR count). The SMILES string of the molecule is OCCO[O][SbH2]. The van der Waals surface area contributed by atoms with Crippen LogP contribution in [-0.2, 0) is 8.05 Å². The minimum absolute atomic E-state index is 0.0286. The number of rotatable bonds is 3. The average Bonchev–Trinajstić information content (AvgIpc) is 1.61. The zero-order valence-electron chi connectivity index (χ0n) is 3.26. The number of aliphatic hydroxyl groups is 1. The van der Waals surface area contributed by atoms with Crippen molar-refractivity contribution in [3.05, 3.63) is 0 Å². The molecule has 0 heterocycles. The third kappa shape index (κ3) is 4.70. The molecule has 0 saturated heterocycles. The number of aliphatic hydroxyl groups excluding tert-OH is 1. The summed E-state index contributed by atoms with van der Waals surface area (Å²) in [4.78, 5) is 4.29. The summed E-state index contributed by atoms with van der Waals surface area (Å²) in [6.45, 7) is 0.308. The molecule has 0 unspecified atom stereocenters. The molecule has 0 aromatic carbocycles. The molecule has 0 amide bonds. The Balaban J connectivity index is 2.34. The van der Waals surface area contributed by atoms with Gasteiger partial charge in [-0.3, -0.25) is 0 Å². The van der Waals surface area contributed by atoms with Gasteiger partial charge in [-0.2, -0.15) is 0 Å². The Morgan fingerprint density at radius 3 is 2.50 bits per heavy atom. The van der Waals surface area contributed by atoms with E-state index in [4.69, 9.17) is 5.11 Å². The van der Waals surface area contributed by atoms with Crippen LogP contribution < -0.4 is 0 Å². The second-order valence-electron chi connectivity index (χ2n) is 0.642. The van der Waals surface area contributed by atoms with Crippen molar-refractivity contribution in [3.63, 3.8) is 0 Å². The van der Waals surface area contributed by atoms with Gasteiger partial charge >= 0.3 is 49.8 Å². The number of hydrogen-bond donors (Lipinski definition) is 1. The second-order valence-corrected chi connectivity index (χ2v) is 1.19. The second kappa shape index (κ2) is 5.70. The molecular formula is C2H7O3Sb. The maximum absolute atomic E-state index is 8.01. The topological polar surface area (TPSA) is 38.7 Å². The van der Waals surface area contributed by atoms with Crippen LogP contribution in [0.15, 0.2) is 0 Å². The van der Waals surface area contributed by atoms with Crippen LogP contribution in [-0.4, -0.2) is 41.8 Å². The van der Waals surface area contributed by atoms with E-state index in [1.165, 1.54) is 0 Å². The fraction of sp³-hybridized carbons (Fsp3) is 1.00. The van der Waals surface area contributed by atoms with Crippen molar-refractivity contribution in [1.29, 1.82) is 0 Å². The molecule has 38 valence electrons. The third-order valence-electron chi connectivity index (χ3n) is 0.243. The normalized spacial score (nSPS) is 9.00. The van der Waals surface area contributed by atoms with E-state index in [9.17, 15) is 0 Å². The van der Waals surface area contributed by atoms with Gasteiger partial charge in [0.1, 0.15) is 0 Å². The van der Waals surface area contributed by atoms with Gasteiger partial charge in [-0.25, -0.2) is 0 Å². The first-order chi connectivity index (χ1) is 2.91. The monoisotopic (exact) mass is 200 g/mol. The van der Waals surface area contributed by atoms with Gasteiger partial charge in [0.15, 0.2) is 0 Å². The van der Waals surface area contributed by atoms with Crippen LogP contribution in [0.25, 0.3) is 0 Å². The molecule has 0 atom stereocenters. The van der Waals surface area contributed by atoms with Gasteiger partial charge in [-0.05, 0) is 0 Å². The fourth-order valence-corrected chi connectivity index (χ4v) is 0.360. The number of hydrogen-bond acceptors (Lipinski definition) is 3. The van der Waals surface area contributed by atoms with Crippen molar-refractivity contribution in [2.24, 2.45) is 0 Å². The van der Waals surface area contributed by atoms with Crippen molar-refractivity contribution in [3.8, 4) is 0 Å². The van der Waals surface area contributed by atoms with Crippen LogP contribution in [0.1, 0.15) is 0 Å². The van der Waals surface area contributed by atoms with Crippen molar-refractivity contribution < 1.29 is 13.2 Å². The molecule has 0 radical (unpaired) electrons. The van der Waals surface area contributed by atoms with E-state index in [0.29, 0.717) is 23.4 Å². The summed E-state index contributed by atoms with van der Waals surface area (Å²) in [6.07, 6.45) is 0. The van der Waals surface area contributed by atoms with Gasteiger partial charge in [-0.1, -0.05) is 0 Å².